The minimum Gasteiger partial charge on any atom is -0.479 e. The topological polar surface area (TPSA) is 78.9 Å². The van der Waals surface area contributed by atoms with Crippen LogP contribution in [0.3, 0.4) is 0 Å². The molecule has 0 aliphatic carbocycles. The van der Waals surface area contributed by atoms with E-state index in [1.807, 2.05) is 0 Å². The van der Waals surface area contributed by atoms with Crippen molar-refractivity contribution in [2.75, 3.05) is 19.7 Å². The smallest absolute Gasteiger partial charge is 0.334 e. The summed E-state index contributed by atoms with van der Waals surface area (Å²) in [6, 6.07) is 1.17. The van der Waals surface area contributed by atoms with Gasteiger partial charge in [0.1, 0.15) is 0 Å². The number of carbonyl (C=O) groups is 2. The molecule has 3 saturated heterocycles. The van der Waals surface area contributed by atoms with Gasteiger partial charge in [-0.05, 0) is 31.6 Å². The second-order valence-electron chi connectivity index (χ2n) is 6.22. The summed E-state index contributed by atoms with van der Waals surface area (Å²) in [7, 11) is 0. The molecule has 3 fully saturated rings. The Hall–Kier alpha value is -1.14. The van der Waals surface area contributed by atoms with E-state index < -0.39 is 12.1 Å². The number of nitrogens with one attached hydrogen (secondary N) is 1. The highest BCUT2D eigenvalue weighted by molar-refractivity contribution is 5.78. The number of carboxylic acids is 1. The number of piperidine rings is 1. The van der Waals surface area contributed by atoms with Crippen LogP contribution in [-0.4, -0.2) is 59.8 Å². The van der Waals surface area contributed by atoms with Gasteiger partial charge in [-0.1, -0.05) is 0 Å². The third kappa shape index (κ3) is 2.96. The first-order valence-corrected chi connectivity index (χ1v) is 7.50. The summed E-state index contributed by atoms with van der Waals surface area (Å²) < 4.78 is 5.15. The molecule has 0 aromatic heterocycles. The van der Waals surface area contributed by atoms with Crippen LogP contribution in [0.15, 0.2) is 0 Å². The minimum atomic E-state index is -0.984. The van der Waals surface area contributed by atoms with Gasteiger partial charge in [-0.3, -0.25) is 4.79 Å². The van der Waals surface area contributed by atoms with Crippen molar-refractivity contribution in [2.24, 2.45) is 5.92 Å². The number of morpholine rings is 1. The highest BCUT2D eigenvalue weighted by Crippen LogP contribution is 2.33. The van der Waals surface area contributed by atoms with Gasteiger partial charge in [0.05, 0.1) is 13.2 Å². The largest absolute Gasteiger partial charge is 0.479 e. The van der Waals surface area contributed by atoms with Crippen LogP contribution >= 0.6 is 0 Å². The predicted octanol–water partition coefficient (Wildman–Crippen LogP) is 0.219. The van der Waals surface area contributed by atoms with Crippen molar-refractivity contribution in [3.05, 3.63) is 0 Å². The van der Waals surface area contributed by atoms with E-state index in [0.29, 0.717) is 37.6 Å². The summed E-state index contributed by atoms with van der Waals surface area (Å²) in [4.78, 5) is 24.9. The van der Waals surface area contributed by atoms with Crippen LogP contribution in [0.2, 0.25) is 0 Å². The first kappa shape index (κ1) is 13.8. The fourth-order valence-electron chi connectivity index (χ4n) is 3.74. The zero-order chi connectivity index (χ0) is 14.1. The predicted molar refractivity (Wildman–Crippen MR) is 71.2 cm³/mol. The molecule has 0 saturated carbocycles. The molecule has 2 bridgehead atoms. The molecule has 0 radical (unpaired) electrons. The van der Waals surface area contributed by atoms with E-state index in [9.17, 15) is 9.59 Å². The lowest BCUT2D eigenvalue weighted by atomic mass is 9.89. The van der Waals surface area contributed by atoms with E-state index in [-0.39, 0.29) is 12.5 Å². The van der Waals surface area contributed by atoms with Crippen molar-refractivity contribution in [1.82, 2.24) is 10.2 Å². The van der Waals surface area contributed by atoms with Gasteiger partial charge >= 0.3 is 5.97 Å². The van der Waals surface area contributed by atoms with Crippen molar-refractivity contribution in [3.8, 4) is 0 Å². The maximum Gasteiger partial charge on any atom is 0.334 e. The Morgan fingerprint density at radius 1 is 1.25 bits per heavy atom. The van der Waals surface area contributed by atoms with Crippen LogP contribution in [0, 0.1) is 5.92 Å². The van der Waals surface area contributed by atoms with Gasteiger partial charge in [-0.25, -0.2) is 4.79 Å². The molecule has 6 heteroatoms. The van der Waals surface area contributed by atoms with Gasteiger partial charge in [0, 0.05) is 25.0 Å². The van der Waals surface area contributed by atoms with Crippen molar-refractivity contribution in [1.29, 1.82) is 0 Å². The van der Waals surface area contributed by atoms with Crippen molar-refractivity contribution in [3.63, 3.8) is 0 Å². The quantitative estimate of drug-likeness (QED) is 0.774. The number of amides is 1. The van der Waals surface area contributed by atoms with Crippen LogP contribution in [0.25, 0.3) is 0 Å². The Bertz CT molecular complexity index is 389. The van der Waals surface area contributed by atoms with E-state index in [0.717, 1.165) is 12.8 Å². The highest BCUT2D eigenvalue weighted by atomic mass is 16.5. The highest BCUT2D eigenvalue weighted by Gasteiger charge is 2.36. The number of aliphatic carboxylic acids is 1. The van der Waals surface area contributed by atoms with Gasteiger partial charge in [0.2, 0.25) is 5.91 Å². The molecule has 3 unspecified atom stereocenters. The first-order valence-electron chi connectivity index (χ1n) is 7.50. The summed E-state index contributed by atoms with van der Waals surface area (Å²) in [5.41, 5.74) is 0. The van der Waals surface area contributed by atoms with Gasteiger partial charge < -0.3 is 20.1 Å². The normalized spacial score (nSPS) is 36.9. The zero-order valence-corrected chi connectivity index (χ0v) is 11.6. The standard InChI is InChI=1S/C14H22N2O4/c17-13(16-3-4-20-12(8-16)14(18)19)7-9-5-10-1-2-11(6-9)15-10/h9-12,15H,1-8H2,(H,18,19). The summed E-state index contributed by atoms with van der Waals surface area (Å²) >= 11 is 0. The summed E-state index contributed by atoms with van der Waals surface area (Å²) in [5.74, 6) is -0.444. The molecule has 20 heavy (non-hydrogen) atoms. The Morgan fingerprint density at radius 3 is 2.60 bits per heavy atom. The number of nitrogens with zero attached hydrogens (tertiary/aromatic N) is 1. The molecule has 1 amide bonds. The molecule has 0 spiro atoms. The van der Waals surface area contributed by atoms with Crippen LogP contribution in [0.5, 0.6) is 0 Å². The van der Waals surface area contributed by atoms with Crippen molar-refractivity contribution < 1.29 is 19.4 Å². The zero-order valence-electron chi connectivity index (χ0n) is 11.6. The molecule has 3 heterocycles. The lowest BCUT2D eigenvalue weighted by molar-refractivity contribution is -0.159. The number of hydrogen-bond donors (Lipinski definition) is 2. The third-order valence-corrected chi connectivity index (χ3v) is 4.73. The molecule has 6 nitrogen and oxygen atoms in total. The van der Waals surface area contributed by atoms with Gasteiger partial charge in [-0.15, -0.1) is 0 Å². The SMILES string of the molecule is O=C(O)C1CN(C(=O)CC2CC3CCC(C2)N3)CCO1. The molecule has 3 aliphatic rings. The first-order chi connectivity index (χ1) is 9.61. The fourth-order valence-corrected chi connectivity index (χ4v) is 3.74. The van der Waals surface area contributed by atoms with E-state index in [4.69, 9.17) is 9.84 Å². The number of carboxylic acid groups (broad SMARTS) is 1. The number of hydrogen-bond acceptors (Lipinski definition) is 4. The average Bonchev–Trinajstić information content (AvgIpc) is 2.78. The molecule has 2 N–H and O–H groups in total. The average molecular weight is 282 g/mol. The summed E-state index contributed by atoms with van der Waals surface area (Å²) in [6.45, 7) is 1.02. The van der Waals surface area contributed by atoms with Gasteiger partial charge in [0.25, 0.3) is 0 Å². The molecule has 3 atom stereocenters. The van der Waals surface area contributed by atoms with Crippen molar-refractivity contribution in [2.45, 2.75) is 50.3 Å². The summed E-state index contributed by atoms with van der Waals surface area (Å²) in [5, 5.41) is 12.5. The molecule has 3 rings (SSSR count). The summed E-state index contributed by atoms with van der Waals surface area (Å²) in [6.07, 6.45) is 4.31. The maximum absolute atomic E-state index is 12.3. The molecular weight excluding hydrogens is 260 g/mol. The second-order valence-corrected chi connectivity index (χ2v) is 6.22. The van der Waals surface area contributed by atoms with Crippen LogP contribution in [0.1, 0.15) is 32.1 Å². The Balaban J connectivity index is 1.52. The molecule has 0 aromatic rings. The second kappa shape index (κ2) is 5.69. The van der Waals surface area contributed by atoms with E-state index >= 15 is 0 Å². The minimum absolute atomic E-state index is 0.0888. The van der Waals surface area contributed by atoms with E-state index in [1.165, 1.54) is 12.8 Å². The Kier molecular flexibility index (Phi) is 3.94. The van der Waals surface area contributed by atoms with Crippen molar-refractivity contribution >= 4 is 11.9 Å². The van der Waals surface area contributed by atoms with Crippen LogP contribution < -0.4 is 5.32 Å². The molecule has 3 aliphatic heterocycles. The number of carbonyl (C=O) groups excluding carboxylic acids is 1. The van der Waals surface area contributed by atoms with E-state index in [1.54, 1.807) is 4.90 Å². The monoisotopic (exact) mass is 282 g/mol. The fraction of sp³-hybridized carbons (Fsp3) is 0.857. The maximum atomic E-state index is 12.3. The number of fused-ring (bicyclic) bond motifs is 2. The van der Waals surface area contributed by atoms with Gasteiger partial charge in [-0.2, -0.15) is 0 Å². The molecule has 112 valence electrons. The molecular formula is C14H22N2O4. The Morgan fingerprint density at radius 2 is 1.95 bits per heavy atom. The number of rotatable bonds is 3. The van der Waals surface area contributed by atoms with Gasteiger partial charge in [0.15, 0.2) is 6.10 Å². The van der Waals surface area contributed by atoms with E-state index in [2.05, 4.69) is 5.32 Å². The Labute approximate surface area is 118 Å². The lowest BCUT2D eigenvalue weighted by Gasteiger charge is -2.34. The third-order valence-electron chi connectivity index (χ3n) is 4.73. The number of ether oxygens (including phenoxy) is 1. The molecule has 0 aromatic carbocycles. The van der Waals surface area contributed by atoms with Crippen LogP contribution in [-0.2, 0) is 14.3 Å². The van der Waals surface area contributed by atoms with Crippen LogP contribution in [0.4, 0.5) is 0 Å². The lowest BCUT2D eigenvalue weighted by Crippen LogP contribution is -2.49.